The van der Waals surface area contributed by atoms with E-state index in [1.165, 1.54) is 0 Å². The molecular weight excluding hydrogens is 162 g/mol. The van der Waals surface area contributed by atoms with Crippen LogP contribution < -0.4 is 0 Å². The smallest absolute Gasteiger partial charge is 0.0994 e. The third kappa shape index (κ3) is 3.91. The van der Waals surface area contributed by atoms with Crippen LogP contribution in [0.25, 0.3) is 0 Å². The molecule has 0 aliphatic carbocycles. The van der Waals surface area contributed by atoms with Crippen molar-refractivity contribution in [1.82, 2.24) is 0 Å². The molecule has 0 spiro atoms. The fraction of sp³-hybridized carbons (Fsp3) is 0.545. The molecule has 0 aromatic heterocycles. The SMILES string of the molecule is C=C(C)/C(C#N)=C(/CCC)COC. The van der Waals surface area contributed by atoms with Gasteiger partial charge in [-0.05, 0) is 24.5 Å². The molecule has 0 N–H and O–H groups in total. The molecule has 0 atom stereocenters. The van der Waals surface area contributed by atoms with Gasteiger partial charge in [0.1, 0.15) is 0 Å². The highest BCUT2D eigenvalue weighted by Gasteiger charge is 2.05. The maximum absolute atomic E-state index is 8.90. The van der Waals surface area contributed by atoms with Crippen molar-refractivity contribution in [3.05, 3.63) is 23.3 Å². The van der Waals surface area contributed by atoms with Crippen LogP contribution in [0.4, 0.5) is 0 Å². The summed E-state index contributed by atoms with van der Waals surface area (Å²) in [5.41, 5.74) is 2.58. The maximum Gasteiger partial charge on any atom is 0.0994 e. The highest BCUT2D eigenvalue weighted by atomic mass is 16.5. The standard InChI is InChI=1S/C11H17NO/c1-5-6-10(8-13-4)11(7-12)9(2)3/h2,5-6,8H2,1,3-4H3/b11-10-. The molecule has 0 saturated heterocycles. The van der Waals surface area contributed by atoms with Crippen LogP contribution in [0.2, 0.25) is 0 Å². The first kappa shape index (κ1) is 11.9. The average molecular weight is 179 g/mol. The van der Waals surface area contributed by atoms with Crippen molar-refractivity contribution < 1.29 is 4.74 Å². The number of allylic oxidation sites excluding steroid dienone is 2. The second kappa shape index (κ2) is 6.45. The van der Waals surface area contributed by atoms with Crippen LogP contribution >= 0.6 is 0 Å². The molecule has 0 aliphatic rings. The summed E-state index contributed by atoms with van der Waals surface area (Å²) < 4.78 is 5.04. The fourth-order valence-corrected chi connectivity index (χ4v) is 1.22. The van der Waals surface area contributed by atoms with Crippen LogP contribution in [0.5, 0.6) is 0 Å². The van der Waals surface area contributed by atoms with Gasteiger partial charge in [-0.15, -0.1) is 0 Å². The summed E-state index contributed by atoms with van der Waals surface area (Å²) in [6.45, 7) is 8.24. The molecule has 0 aliphatic heterocycles. The van der Waals surface area contributed by atoms with E-state index in [1.54, 1.807) is 7.11 Å². The molecule has 13 heavy (non-hydrogen) atoms. The van der Waals surface area contributed by atoms with Gasteiger partial charge in [-0.1, -0.05) is 19.9 Å². The Hall–Kier alpha value is -1.07. The fourth-order valence-electron chi connectivity index (χ4n) is 1.22. The van der Waals surface area contributed by atoms with Crippen molar-refractivity contribution in [2.75, 3.05) is 13.7 Å². The number of rotatable bonds is 5. The first-order valence-corrected chi connectivity index (χ1v) is 4.44. The molecular formula is C11H17NO. The van der Waals surface area contributed by atoms with Crippen molar-refractivity contribution in [1.29, 1.82) is 5.26 Å². The zero-order valence-electron chi connectivity index (χ0n) is 8.68. The van der Waals surface area contributed by atoms with Gasteiger partial charge in [-0.3, -0.25) is 0 Å². The van der Waals surface area contributed by atoms with Crippen molar-refractivity contribution in [2.24, 2.45) is 0 Å². The summed E-state index contributed by atoms with van der Waals surface area (Å²) in [6, 6.07) is 2.17. The number of nitrogens with zero attached hydrogens (tertiary/aromatic N) is 1. The largest absolute Gasteiger partial charge is 0.380 e. The molecule has 2 nitrogen and oxygen atoms in total. The summed E-state index contributed by atoms with van der Waals surface area (Å²) in [5.74, 6) is 0. The lowest BCUT2D eigenvalue weighted by Crippen LogP contribution is -1.99. The quantitative estimate of drug-likeness (QED) is 0.480. The summed E-state index contributed by atoms with van der Waals surface area (Å²) >= 11 is 0. The summed E-state index contributed by atoms with van der Waals surface area (Å²) in [4.78, 5) is 0. The summed E-state index contributed by atoms with van der Waals surface area (Å²) in [6.07, 6.45) is 1.93. The van der Waals surface area contributed by atoms with E-state index in [1.807, 2.05) is 6.92 Å². The Balaban J connectivity index is 4.79. The van der Waals surface area contributed by atoms with Crippen LogP contribution in [0.3, 0.4) is 0 Å². The van der Waals surface area contributed by atoms with Gasteiger partial charge in [-0.2, -0.15) is 5.26 Å². The molecule has 72 valence electrons. The Morgan fingerprint density at radius 2 is 2.15 bits per heavy atom. The van der Waals surface area contributed by atoms with Crippen molar-refractivity contribution in [2.45, 2.75) is 26.7 Å². The molecule has 2 heteroatoms. The Morgan fingerprint density at radius 3 is 2.46 bits per heavy atom. The number of ether oxygens (including phenoxy) is 1. The zero-order valence-corrected chi connectivity index (χ0v) is 8.68. The van der Waals surface area contributed by atoms with E-state index in [0.717, 1.165) is 24.0 Å². The molecule has 0 unspecified atom stereocenters. The third-order valence-electron chi connectivity index (χ3n) is 1.76. The Labute approximate surface area is 80.5 Å². The van der Waals surface area contributed by atoms with E-state index in [2.05, 4.69) is 19.6 Å². The first-order chi connectivity index (χ1) is 6.17. The van der Waals surface area contributed by atoms with E-state index >= 15 is 0 Å². The normalized spacial score (nSPS) is 11.8. The Kier molecular flexibility index (Phi) is 5.92. The number of hydrogen-bond acceptors (Lipinski definition) is 2. The minimum Gasteiger partial charge on any atom is -0.380 e. The van der Waals surface area contributed by atoms with Gasteiger partial charge in [0.2, 0.25) is 0 Å². The van der Waals surface area contributed by atoms with E-state index in [0.29, 0.717) is 12.2 Å². The molecule has 0 heterocycles. The zero-order chi connectivity index (χ0) is 10.3. The van der Waals surface area contributed by atoms with Gasteiger partial charge in [-0.25, -0.2) is 0 Å². The van der Waals surface area contributed by atoms with E-state index in [4.69, 9.17) is 10.00 Å². The van der Waals surface area contributed by atoms with Crippen LogP contribution in [0.1, 0.15) is 26.7 Å². The van der Waals surface area contributed by atoms with E-state index in [9.17, 15) is 0 Å². The molecule has 0 rings (SSSR count). The van der Waals surface area contributed by atoms with Gasteiger partial charge in [0.25, 0.3) is 0 Å². The monoisotopic (exact) mass is 179 g/mol. The Bertz CT molecular complexity index is 237. The summed E-state index contributed by atoms with van der Waals surface area (Å²) in [5, 5.41) is 8.90. The number of nitriles is 1. The number of hydrogen-bond donors (Lipinski definition) is 0. The van der Waals surface area contributed by atoms with Crippen molar-refractivity contribution in [3.63, 3.8) is 0 Å². The molecule has 0 bridgehead atoms. The lowest BCUT2D eigenvalue weighted by atomic mass is 10.0. The molecule has 0 aromatic rings. The number of methoxy groups -OCH3 is 1. The average Bonchev–Trinajstić information content (AvgIpc) is 2.05. The lowest BCUT2D eigenvalue weighted by Gasteiger charge is -2.08. The summed E-state index contributed by atoms with van der Waals surface area (Å²) in [7, 11) is 1.64. The molecule has 0 aromatic carbocycles. The minimum absolute atomic E-state index is 0.531. The van der Waals surface area contributed by atoms with Gasteiger partial charge < -0.3 is 4.74 Å². The molecule has 0 fully saturated rings. The Morgan fingerprint density at radius 1 is 1.54 bits per heavy atom. The predicted molar refractivity (Wildman–Crippen MR) is 54.2 cm³/mol. The molecule has 0 radical (unpaired) electrons. The van der Waals surface area contributed by atoms with Crippen LogP contribution in [-0.4, -0.2) is 13.7 Å². The third-order valence-corrected chi connectivity index (χ3v) is 1.76. The topological polar surface area (TPSA) is 33.0 Å². The van der Waals surface area contributed by atoms with Gasteiger partial charge in [0.05, 0.1) is 18.2 Å². The minimum atomic E-state index is 0.531. The second-order valence-corrected chi connectivity index (χ2v) is 3.05. The predicted octanol–water partition coefficient (Wildman–Crippen LogP) is 2.83. The van der Waals surface area contributed by atoms with Crippen LogP contribution in [-0.2, 0) is 4.74 Å². The lowest BCUT2D eigenvalue weighted by molar-refractivity contribution is 0.222. The van der Waals surface area contributed by atoms with Gasteiger partial charge >= 0.3 is 0 Å². The van der Waals surface area contributed by atoms with E-state index in [-0.39, 0.29) is 0 Å². The van der Waals surface area contributed by atoms with Gasteiger partial charge in [0.15, 0.2) is 0 Å². The molecule has 0 amide bonds. The van der Waals surface area contributed by atoms with E-state index < -0.39 is 0 Å². The molecule has 0 saturated carbocycles. The first-order valence-electron chi connectivity index (χ1n) is 4.44. The van der Waals surface area contributed by atoms with Crippen molar-refractivity contribution in [3.8, 4) is 6.07 Å². The van der Waals surface area contributed by atoms with Gasteiger partial charge in [0, 0.05) is 7.11 Å². The van der Waals surface area contributed by atoms with Crippen LogP contribution in [0.15, 0.2) is 23.3 Å². The highest BCUT2D eigenvalue weighted by Crippen LogP contribution is 2.16. The highest BCUT2D eigenvalue weighted by molar-refractivity contribution is 5.43. The van der Waals surface area contributed by atoms with Crippen molar-refractivity contribution >= 4 is 0 Å². The van der Waals surface area contributed by atoms with Crippen LogP contribution in [0, 0.1) is 11.3 Å². The maximum atomic E-state index is 8.90. The second-order valence-electron chi connectivity index (χ2n) is 3.05.